The summed E-state index contributed by atoms with van der Waals surface area (Å²) in [6, 6.07) is 6.07. The molecule has 0 saturated heterocycles. The average Bonchev–Trinajstić information content (AvgIpc) is 2.98. The minimum atomic E-state index is -0.237. The van der Waals surface area contributed by atoms with Crippen LogP contribution in [-0.2, 0) is 10.2 Å². The lowest BCUT2D eigenvalue weighted by Crippen LogP contribution is -2.17. The topological polar surface area (TPSA) is 26.3 Å². The largest absolute Gasteiger partial charge is 0.496 e. The summed E-state index contributed by atoms with van der Waals surface area (Å²) < 4.78 is 5.35. The first-order chi connectivity index (χ1) is 7.10. The van der Waals surface area contributed by atoms with Crippen LogP contribution in [-0.4, -0.2) is 12.9 Å². The van der Waals surface area contributed by atoms with Crippen LogP contribution in [0.5, 0.6) is 5.75 Å². The van der Waals surface area contributed by atoms with Gasteiger partial charge in [0.05, 0.1) is 12.5 Å². The highest BCUT2D eigenvalue weighted by Crippen LogP contribution is 2.51. The van der Waals surface area contributed by atoms with E-state index in [1.165, 1.54) is 0 Å². The van der Waals surface area contributed by atoms with Crippen molar-refractivity contribution in [1.29, 1.82) is 0 Å². The van der Waals surface area contributed by atoms with Crippen LogP contribution < -0.4 is 4.74 Å². The van der Waals surface area contributed by atoms with Gasteiger partial charge in [-0.1, -0.05) is 12.1 Å². The lowest BCUT2D eigenvalue weighted by atomic mass is 9.90. The third-order valence-electron chi connectivity index (χ3n) is 3.30. The Morgan fingerprint density at radius 2 is 2.07 bits per heavy atom. The van der Waals surface area contributed by atoms with Gasteiger partial charge in [0.1, 0.15) is 11.5 Å². The minimum absolute atomic E-state index is 0.237. The number of hydrogen-bond acceptors (Lipinski definition) is 2. The van der Waals surface area contributed by atoms with Gasteiger partial charge in [-0.05, 0) is 38.3 Å². The third-order valence-corrected chi connectivity index (χ3v) is 3.30. The molecule has 0 heterocycles. The first kappa shape index (κ1) is 10.2. The maximum atomic E-state index is 11.6. The zero-order chi connectivity index (χ0) is 11.1. The number of benzene rings is 1. The van der Waals surface area contributed by atoms with Crippen LogP contribution in [0.1, 0.15) is 30.9 Å². The van der Waals surface area contributed by atoms with Crippen molar-refractivity contribution in [2.45, 2.75) is 32.1 Å². The maximum Gasteiger partial charge on any atom is 0.140 e. The number of carbonyl (C=O) groups excluding carboxylic acids is 1. The molecule has 1 saturated carbocycles. The van der Waals surface area contributed by atoms with E-state index in [1.807, 2.05) is 25.1 Å². The zero-order valence-corrected chi connectivity index (χ0v) is 9.46. The highest BCUT2D eigenvalue weighted by atomic mass is 16.5. The first-order valence-corrected chi connectivity index (χ1v) is 5.26. The van der Waals surface area contributed by atoms with Crippen molar-refractivity contribution in [2.75, 3.05) is 7.11 Å². The first-order valence-electron chi connectivity index (χ1n) is 5.26. The molecule has 0 spiro atoms. The second-order valence-corrected chi connectivity index (χ2v) is 4.34. The Kier molecular flexibility index (Phi) is 2.29. The lowest BCUT2D eigenvalue weighted by molar-refractivity contribution is -0.119. The summed E-state index contributed by atoms with van der Waals surface area (Å²) in [5.74, 6) is 1.10. The van der Waals surface area contributed by atoms with Crippen molar-refractivity contribution in [3.05, 3.63) is 29.3 Å². The van der Waals surface area contributed by atoms with E-state index < -0.39 is 0 Å². The monoisotopic (exact) mass is 204 g/mol. The summed E-state index contributed by atoms with van der Waals surface area (Å²) in [5.41, 5.74) is 1.98. The zero-order valence-electron chi connectivity index (χ0n) is 9.46. The predicted molar refractivity (Wildman–Crippen MR) is 59.3 cm³/mol. The number of hydrogen-bond donors (Lipinski definition) is 0. The molecule has 2 nitrogen and oxygen atoms in total. The number of rotatable bonds is 3. The Morgan fingerprint density at radius 3 is 2.53 bits per heavy atom. The molecule has 1 aliphatic rings. The SMILES string of the molecule is COc1cc(C)ccc1C1(C(C)=O)CC1. The predicted octanol–water partition coefficient (Wildman–Crippen LogP) is 2.62. The molecule has 2 heteroatoms. The van der Waals surface area contributed by atoms with Crippen LogP contribution >= 0.6 is 0 Å². The molecule has 0 unspecified atom stereocenters. The molecule has 80 valence electrons. The maximum absolute atomic E-state index is 11.6. The van der Waals surface area contributed by atoms with E-state index in [0.717, 1.165) is 29.7 Å². The molecule has 1 aliphatic carbocycles. The van der Waals surface area contributed by atoms with Gasteiger partial charge in [0.25, 0.3) is 0 Å². The van der Waals surface area contributed by atoms with E-state index in [1.54, 1.807) is 14.0 Å². The van der Waals surface area contributed by atoms with E-state index in [-0.39, 0.29) is 11.2 Å². The fourth-order valence-electron chi connectivity index (χ4n) is 2.13. The van der Waals surface area contributed by atoms with E-state index >= 15 is 0 Å². The molecule has 1 fully saturated rings. The van der Waals surface area contributed by atoms with Crippen LogP contribution in [0.15, 0.2) is 18.2 Å². The van der Waals surface area contributed by atoms with Gasteiger partial charge >= 0.3 is 0 Å². The molecular formula is C13H16O2. The number of ketones is 1. The van der Waals surface area contributed by atoms with Gasteiger partial charge < -0.3 is 4.74 Å². The Bertz CT molecular complexity index is 403. The van der Waals surface area contributed by atoms with Crippen molar-refractivity contribution in [3.8, 4) is 5.75 Å². The van der Waals surface area contributed by atoms with Crippen LogP contribution in [0.3, 0.4) is 0 Å². The Labute approximate surface area is 90.3 Å². The molecular weight excluding hydrogens is 188 g/mol. The molecule has 1 aromatic carbocycles. The molecule has 0 amide bonds. The van der Waals surface area contributed by atoms with Crippen LogP contribution in [0, 0.1) is 6.92 Å². The molecule has 0 N–H and O–H groups in total. The van der Waals surface area contributed by atoms with E-state index in [4.69, 9.17) is 4.74 Å². The molecule has 0 atom stereocenters. The Morgan fingerprint density at radius 1 is 1.40 bits per heavy atom. The number of aryl methyl sites for hydroxylation is 1. The summed E-state index contributed by atoms with van der Waals surface area (Å²) in [6.07, 6.45) is 1.92. The van der Waals surface area contributed by atoms with Crippen molar-refractivity contribution < 1.29 is 9.53 Å². The molecule has 15 heavy (non-hydrogen) atoms. The van der Waals surface area contributed by atoms with Gasteiger partial charge in [0.2, 0.25) is 0 Å². The molecule has 0 bridgehead atoms. The van der Waals surface area contributed by atoms with Gasteiger partial charge in [0.15, 0.2) is 0 Å². The number of Topliss-reactive ketones (excluding diaryl/α,β-unsaturated/α-hetero) is 1. The summed E-state index contributed by atoms with van der Waals surface area (Å²) in [6.45, 7) is 3.70. The number of carbonyl (C=O) groups is 1. The second kappa shape index (κ2) is 3.37. The van der Waals surface area contributed by atoms with Gasteiger partial charge in [-0.3, -0.25) is 4.79 Å². The van der Waals surface area contributed by atoms with Gasteiger partial charge in [-0.25, -0.2) is 0 Å². The highest BCUT2D eigenvalue weighted by Gasteiger charge is 2.50. The molecule has 0 radical (unpaired) electrons. The van der Waals surface area contributed by atoms with E-state index in [9.17, 15) is 4.79 Å². The average molecular weight is 204 g/mol. The van der Waals surface area contributed by atoms with E-state index in [2.05, 4.69) is 0 Å². The van der Waals surface area contributed by atoms with Crippen LogP contribution in [0.4, 0.5) is 0 Å². The number of methoxy groups -OCH3 is 1. The smallest absolute Gasteiger partial charge is 0.140 e. The van der Waals surface area contributed by atoms with Gasteiger partial charge in [-0.2, -0.15) is 0 Å². The minimum Gasteiger partial charge on any atom is -0.496 e. The highest BCUT2D eigenvalue weighted by molar-refractivity contribution is 5.91. The lowest BCUT2D eigenvalue weighted by Gasteiger charge is -2.16. The van der Waals surface area contributed by atoms with Crippen LogP contribution in [0.2, 0.25) is 0 Å². The van der Waals surface area contributed by atoms with Gasteiger partial charge in [0, 0.05) is 5.56 Å². The summed E-state index contributed by atoms with van der Waals surface area (Å²) in [5, 5.41) is 0. The molecule has 1 aromatic rings. The summed E-state index contributed by atoms with van der Waals surface area (Å²) >= 11 is 0. The molecule has 2 rings (SSSR count). The number of ether oxygens (including phenoxy) is 1. The summed E-state index contributed by atoms with van der Waals surface area (Å²) in [4.78, 5) is 11.6. The van der Waals surface area contributed by atoms with Crippen LogP contribution in [0.25, 0.3) is 0 Å². The normalized spacial score (nSPS) is 17.3. The standard InChI is InChI=1S/C13H16O2/c1-9-4-5-11(12(8-9)15-3)13(6-7-13)10(2)14/h4-5,8H,6-7H2,1-3H3. The van der Waals surface area contributed by atoms with E-state index in [0.29, 0.717) is 0 Å². The van der Waals surface area contributed by atoms with Gasteiger partial charge in [-0.15, -0.1) is 0 Å². The Balaban J connectivity index is 2.48. The third kappa shape index (κ3) is 1.54. The Hall–Kier alpha value is -1.31. The summed E-state index contributed by atoms with van der Waals surface area (Å²) in [7, 11) is 1.66. The van der Waals surface area contributed by atoms with Crippen molar-refractivity contribution in [1.82, 2.24) is 0 Å². The second-order valence-electron chi connectivity index (χ2n) is 4.34. The van der Waals surface area contributed by atoms with Crippen molar-refractivity contribution in [2.24, 2.45) is 0 Å². The molecule has 0 aliphatic heterocycles. The molecule has 0 aromatic heterocycles. The van der Waals surface area contributed by atoms with Crippen molar-refractivity contribution >= 4 is 5.78 Å². The van der Waals surface area contributed by atoms with Crippen molar-refractivity contribution in [3.63, 3.8) is 0 Å². The fraction of sp³-hybridized carbons (Fsp3) is 0.462. The fourth-order valence-corrected chi connectivity index (χ4v) is 2.13. The quantitative estimate of drug-likeness (QED) is 0.756.